The van der Waals surface area contributed by atoms with Crippen molar-refractivity contribution in [2.24, 2.45) is 0 Å². The summed E-state index contributed by atoms with van der Waals surface area (Å²) in [5.41, 5.74) is 2.35. The summed E-state index contributed by atoms with van der Waals surface area (Å²) >= 11 is 0. The third kappa shape index (κ3) is 11.6. The van der Waals surface area contributed by atoms with Gasteiger partial charge in [-0.15, -0.1) is 0 Å². The lowest BCUT2D eigenvalue weighted by Gasteiger charge is -2.40. The average Bonchev–Trinajstić information content (AvgIpc) is 2.87. The SMILES string of the molecule is Cc1ccc(COCCOCCOCCOCCOCC(=O)NC2C(O)O[C@H](CO)[C@@H](O)[C@@H]2O)cc1. The highest BCUT2D eigenvalue weighted by Gasteiger charge is 2.44. The smallest absolute Gasteiger partial charge is 0.246 e. The number of aliphatic hydroxyl groups excluding tert-OH is 4. The van der Waals surface area contributed by atoms with Gasteiger partial charge in [0.1, 0.15) is 31.0 Å². The number of rotatable bonds is 18. The summed E-state index contributed by atoms with van der Waals surface area (Å²) < 4.78 is 31.9. The number of nitrogens with one attached hydrogen (secondary N) is 1. The molecule has 1 saturated heterocycles. The van der Waals surface area contributed by atoms with Crippen LogP contribution in [0.2, 0.25) is 0 Å². The van der Waals surface area contributed by atoms with E-state index < -0.39 is 43.2 Å². The van der Waals surface area contributed by atoms with E-state index in [1.807, 2.05) is 19.1 Å². The first-order valence-electron chi connectivity index (χ1n) is 12.0. The molecule has 0 bridgehead atoms. The van der Waals surface area contributed by atoms with Crippen molar-refractivity contribution in [3.8, 4) is 0 Å². The molecule has 1 aliphatic rings. The zero-order valence-electron chi connectivity index (χ0n) is 20.6. The fourth-order valence-corrected chi connectivity index (χ4v) is 3.30. The summed E-state index contributed by atoms with van der Waals surface area (Å²) in [6, 6.07) is 6.95. The fraction of sp³-hybridized carbons (Fsp3) is 0.708. The van der Waals surface area contributed by atoms with Gasteiger partial charge < -0.3 is 54.2 Å². The van der Waals surface area contributed by atoms with Crippen LogP contribution < -0.4 is 5.32 Å². The Morgan fingerprint density at radius 2 is 1.36 bits per heavy atom. The highest BCUT2D eigenvalue weighted by Crippen LogP contribution is 2.19. The van der Waals surface area contributed by atoms with Gasteiger partial charge in [0.2, 0.25) is 5.91 Å². The molecule has 0 spiro atoms. The van der Waals surface area contributed by atoms with Gasteiger partial charge in [0.25, 0.3) is 0 Å². The molecule has 1 aromatic carbocycles. The topological polar surface area (TPSA) is 165 Å². The zero-order valence-corrected chi connectivity index (χ0v) is 20.6. The van der Waals surface area contributed by atoms with Gasteiger partial charge in [0.05, 0.1) is 66.1 Å². The summed E-state index contributed by atoms with van der Waals surface area (Å²) in [5, 5.41) is 41.1. The largest absolute Gasteiger partial charge is 0.394 e. The normalized spacial score (nSPS) is 24.1. The van der Waals surface area contributed by atoms with E-state index in [1.54, 1.807) is 0 Å². The van der Waals surface area contributed by atoms with Gasteiger partial charge in [-0.2, -0.15) is 0 Å². The molecule has 0 radical (unpaired) electrons. The second-order valence-electron chi connectivity index (χ2n) is 8.25. The molecule has 1 heterocycles. The fourth-order valence-electron chi connectivity index (χ4n) is 3.30. The minimum Gasteiger partial charge on any atom is -0.394 e. The second-order valence-corrected chi connectivity index (χ2v) is 8.25. The molecule has 0 aliphatic carbocycles. The van der Waals surface area contributed by atoms with Crippen molar-refractivity contribution in [1.29, 1.82) is 0 Å². The van der Waals surface area contributed by atoms with Crippen LogP contribution in [0.4, 0.5) is 0 Å². The highest BCUT2D eigenvalue weighted by molar-refractivity contribution is 5.77. The van der Waals surface area contributed by atoms with E-state index in [0.717, 1.165) is 5.56 Å². The number of benzene rings is 1. The van der Waals surface area contributed by atoms with Crippen molar-refractivity contribution in [1.82, 2.24) is 5.32 Å². The van der Waals surface area contributed by atoms with E-state index in [9.17, 15) is 20.1 Å². The van der Waals surface area contributed by atoms with Gasteiger partial charge >= 0.3 is 0 Å². The lowest BCUT2D eigenvalue weighted by Crippen LogP contribution is -2.64. The third-order valence-corrected chi connectivity index (χ3v) is 5.34. The first-order chi connectivity index (χ1) is 17.4. The minimum absolute atomic E-state index is 0.153. The molecule has 12 nitrogen and oxygen atoms in total. The van der Waals surface area contributed by atoms with Crippen LogP contribution in [-0.4, -0.2) is 123 Å². The van der Waals surface area contributed by atoms with Gasteiger partial charge in [-0.1, -0.05) is 29.8 Å². The van der Waals surface area contributed by atoms with Crippen LogP contribution in [0.5, 0.6) is 0 Å². The second kappa shape index (κ2) is 17.7. The van der Waals surface area contributed by atoms with Gasteiger partial charge in [0, 0.05) is 0 Å². The first kappa shape index (κ1) is 30.5. The van der Waals surface area contributed by atoms with Gasteiger partial charge in [-0.05, 0) is 12.5 Å². The maximum absolute atomic E-state index is 11.9. The maximum atomic E-state index is 11.9. The number of carbonyl (C=O) groups excluding carboxylic acids is 1. The van der Waals surface area contributed by atoms with E-state index in [2.05, 4.69) is 17.4 Å². The molecule has 1 aromatic rings. The van der Waals surface area contributed by atoms with Crippen LogP contribution in [0, 0.1) is 6.92 Å². The van der Waals surface area contributed by atoms with Crippen molar-refractivity contribution < 1.29 is 53.6 Å². The third-order valence-electron chi connectivity index (χ3n) is 5.34. The quantitative estimate of drug-likeness (QED) is 0.144. The summed E-state index contributed by atoms with van der Waals surface area (Å²) in [5.74, 6) is -0.611. The summed E-state index contributed by atoms with van der Waals surface area (Å²) in [7, 11) is 0. The Bertz CT molecular complexity index is 721. The molecule has 12 heteroatoms. The predicted molar refractivity (Wildman–Crippen MR) is 126 cm³/mol. The van der Waals surface area contributed by atoms with E-state index >= 15 is 0 Å². The van der Waals surface area contributed by atoms with Crippen LogP contribution in [0.3, 0.4) is 0 Å². The van der Waals surface area contributed by atoms with E-state index in [4.69, 9.17) is 33.5 Å². The Kier molecular flexibility index (Phi) is 15.0. The molecule has 0 saturated carbocycles. The van der Waals surface area contributed by atoms with Crippen molar-refractivity contribution >= 4 is 5.91 Å². The standard InChI is InChI=1S/C24H39NO11/c1-17-2-4-18(5-3-17)15-34-12-10-32-8-6-31-7-9-33-11-13-35-16-20(27)25-21-23(29)22(28)19(14-26)36-24(21)30/h2-5,19,21-24,26,28-30H,6-16H2,1H3,(H,25,27)/t19-,21?,22-,23-,24?/m1/s1. The summed E-state index contributed by atoms with van der Waals surface area (Å²) in [6.45, 7) is 4.74. The number of amides is 1. The molecule has 5 N–H and O–H groups in total. The zero-order chi connectivity index (χ0) is 26.2. The van der Waals surface area contributed by atoms with E-state index in [-0.39, 0.29) is 19.8 Å². The van der Waals surface area contributed by atoms with Gasteiger partial charge in [-0.3, -0.25) is 4.79 Å². The predicted octanol–water partition coefficient (Wildman–Crippen LogP) is -1.51. The molecule has 2 rings (SSSR count). The van der Waals surface area contributed by atoms with Crippen molar-refractivity contribution in [3.63, 3.8) is 0 Å². The molecule has 36 heavy (non-hydrogen) atoms. The van der Waals surface area contributed by atoms with Crippen molar-refractivity contribution in [3.05, 3.63) is 35.4 Å². The average molecular weight is 518 g/mol. The first-order valence-corrected chi connectivity index (χ1v) is 12.0. The monoisotopic (exact) mass is 517 g/mol. The summed E-state index contributed by atoms with van der Waals surface area (Å²) in [6.07, 6.45) is -5.66. The Morgan fingerprint density at radius 3 is 1.92 bits per heavy atom. The Morgan fingerprint density at radius 1 is 0.833 bits per heavy atom. The van der Waals surface area contributed by atoms with Crippen molar-refractivity contribution in [2.45, 2.75) is 44.2 Å². The van der Waals surface area contributed by atoms with Crippen LogP contribution in [0.1, 0.15) is 11.1 Å². The van der Waals surface area contributed by atoms with Crippen LogP contribution >= 0.6 is 0 Å². The van der Waals surface area contributed by atoms with Crippen LogP contribution in [0.25, 0.3) is 0 Å². The highest BCUT2D eigenvalue weighted by atomic mass is 16.6. The van der Waals surface area contributed by atoms with E-state index in [0.29, 0.717) is 46.2 Å². The van der Waals surface area contributed by atoms with Crippen LogP contribution in [0.15, 0.2) is 24.3 Å². The molecule has 206 valence electrons. The Balaban J connectivity index is 1.36. The number of aryl methyl sites for hydroxylation is 1. The number of aliphatic hydroxyl groups is 4. The van der Waals surface area contributed by atoms with Gasteiger partial charge in [-0.25, -0.2) is 0 Å². The molecular weight excluding hydrogens is 478 g/mol. The van der Waals surface area contributed by atoms with Crippen molar-refractivity contribution in [2.75, 3.05) is 66.1 Å². The number of carbonyl (C=O) groups is 1. The summed E-state index contributed by atoms with van der Waals surface area (Å²) in [4.78, 5) is 11.9. The Hall–Kier alpha value is -1.71. The molecule has 5 atom stereocenters. The van der Waals surface area contributed by atoms with E-state index in [1.165, 1.54) is 5.56 Å². The minimum atomic E-state index is -1.57. The Labute approximate surface area is 211 Å². The molecule has 1 aliphatic heterocycles. The number of hydrogen-bond acceptors (Lipinski definition) is 11. The number of hydrogen-bond donors (Lipinski definition) is 5. The lowest BCUT2D eigenvalue weighted by molar-refractivity contribution is -0.254. The molecule has 1 amide bonds. The maximum Gasteiger partial charge on any atom is 0.246 e. The van der Waals surface area contributed by atoms with Gasteiger partial charge in [0.15, 0.2) is 6.29 Å². The number of ether oxygens (including phenoxy) is 6. The molecule has 0 aromatic heterocycles. The van der Waals surface area contributed by atoms with Crippen LogP contribution in [-0.2, 0) is 39.8 Å². The molecule has 2 unspecified atom stereocenters. The molecule has 1 fully saturated rings. The molecular formula is C24H39NO11. The lowest BCUT2D eigenvalue weighted by atomic mass is 9.97.